The molecule has 0 saturated carbocycles. The molecule has 0 atom stereocenters. The van der Waals surface area contributed by atoms with E-state index in [1.54, 1.807) is 78.9 Å². The number of nitrogens with zero attached hydrogens (tertiary/aromatic N) is 4. The van der Waals surface area contributed by atoms with E-state index in [-0.39, 0.29) is 169 Å². The molecule has 0 saturated heterocycles. The van der Waals surface area contributed by atoms with Crippen LogP contribution in [0.1, 0.15) is 31.8 Å². The van der Waals surface area contributed by atoms with E-state index < -0.39 is 38.1 Å². The molecule has 4 N–H and O–H groups in total. The van der Waals surface area contributed by atoms with Crippen molar-refractivity contribution in [1.29, 1.82) is 0 Å². The van der Waals surface area contributed by atoms with E-state index in [4.69, 9.17) is 0 Å². The van der Waals surface area contributed by atoms with Gasteiger partial charge in [0.25, 0.3) is 5.56 Å². The topological polar surface area (TPSA) is 208 Å². The standard InChI is InChI=1S/C39H24N7O7S.4Na/c1-46-28-18-17-26(31-32(28)30(24-14-8-9-15-25(24)35(31)48)33(36(46)49)34(47)21-10-4-2-5-11-21)40-23-16-19-29(54(51,52)53)27(20-23)42-38-43-37(44-39(50)45-38)41-22-12-6-3-7-13-22;;;;/h2-4,6-12,14-15,17-20,40H,1H3,(H,51,52,53)(H3,41,42,43,44,45,50);;;;/q-3;4*+1/p-1. The van der Waals surface area contributed by atoms with Crippen LogP contribution >= 0.6 is 0 Å². The molecule has 14 nitrogen and oxygen atoms in total. The fourth-order valence-electron chi connectivity index (χ4n) is 6.35. The van der Waals surface area contributed by atoms with Crippen molar-refractivity contribution in [3.05, 3.63) is 148 Å². The van der Waals surface area contributed by atoms with Crippen LogP contribution in [0.4, 0.5) is 34.6 Å². The summed E-state index contributed by atoms with van der Waals surface area (Å²) in [5.41, 5.74) is 1.59. The van der Waals surface area contributed by atoms with Gasteiger partial charge in [-0.3, -0.25) is 18.0 Å². The van der Waals surface area contributed by atoms with Crippen LogP contribution in [-0.4, -0.2) is 49.2 Å². The van der Waals surface area contributed by atoms with Crippen LogP contribution in [0.3, 0.4) is 0 Å². The number of pyridine rings is 1. The number of aryl methyl sites for hydroxylation is 1. The minimum absolute atomic E-state index is 0. The normalized spacial score (nSPS) is 11.1. The first-order valence-electron chi connectivity index (χ1n) is 16.1. The smallest absolute Gasteiger partial charge is 0.754 e. The van der Waals surface area contributed by atoms with Crippen molar-refractivity contribution in [1.82, 2.24) is 19.5 Å². The molecule has 2 heterocycles. The van der Waals surface area contributed by atoms with E-state index >= 15 is 0 Å². The van der Waals surface area contributed by atoms with Gasteiger partial charge < -0.3 is 35.0 Å². The SMILES string of the molecule is Cn1c(=O)c(C(=O)c2c[c-]ccc2)c2c3c(c(Nc4[c-]cc(S(=O)(=O)[O-])c(Nc5nc(O)nc(Nc6[c-]cccc6)n5)c4)ccc31)C(=O)c1ccccc1-2.[Na+].[Na+].[Na+].[Na+]. The second kappa shape index (κ2) is 19.4. The maximum Gasteiger partial charge on any atom is 1.00 e. The number of hydrogen-bond donors (Lipinski definition) is 4. The van der Waals surface area contributed by atoms with E-state index in [1.807, 2.05) is 0 Å². The van der Waals surface area contributed by atoms with Crippen molar-refractivity contribution < 1.29 is 146 Å². The van der Waals surface area contributed by atoms with Gasteiger partial charge in [0.2, 0.25) is 11.9 Å². The Bertz CT molecular complexity index is 2890. The first kappa shape index (κ1) is 47.4. The molecule has 0 amide bonds. The number of rotatable bonds is 9. The van der Waals surface area contributed by atoms with Crippen LogP contribution < -0.4 is 140 Å². The van der Waals surface area contributed by atoms with Gasteiger partial charge in [-0.2, -0.15) is 81.7 Å². The second-order valence-electron chi connectivity index (χ2n) is 12.0. The second-order valence-corrected chi connectivity index (χ2v) is 13.4. The maximum atomic E-state index is 14.3. The number of carbonyl (C=O) groups is 2. The molecule has 2 aromatic heterocycles. The van der Waals surface area contributed by atoms with Gasteiger partial charge in [0.1, 0.15) is 5.78 Å². The molecule has 0 bridgehead atoms. The minimum atomic E-state index is -5.08. The van der Waals surface area contributed by atoms with Gasteiger partial charge in [0.05, 0.1) is 26.8 Å². The van der Waals surface area contributed by atoms with Gasteiger partial charge in [-0.1, -0.05) is 41.2 Å². The minimum Gasteiger partial charge on any atom is -0.754 e. The number of carbonyl (C=O) groups excluding carboxylic acids is 2. The molecule has 266 valence electrons. The van der Waals surface area contributed by atoms with Gasteiger partial charge in [-0.15, -0.1) is 12.1 Å². The summed E-state index contributed by atoms with van der Waals surface area (Å²) >= 11 is 0. The van der Waals surface area contributed by atoms with Crippen molar-refractivity contribution in [2.45, 2.75) is 4.90 Å². The monoisotopic (exact) mass is 825 g/mol. The van der Waals surface area contributed by atoms with Crippen molar-refractivity contribution in [2.24, 2.45) is 7.05 Å². The van der Waals surface area contributed by atoms with Gasteiger partial charge in [0, 0.05) is 29.2 Å². The Labute approximate surface area is 420 Å². The molecule has 0 fully saturated rings. The van der Waals surface area contributed by atoms with Crippen LogP contribution in [0, 0.1) is 18.2 Å². The number of aromatic hydroxyl groups is 1. The molecular weight excluding hydrogens is 802 g/mol. The summed E-state index contributed by atoms with van der Waals surface area (Å²) in [7, 11) is -3.57. The number of benzene rings is 5. The van der Waals surface area contributed by atoms with Crippen molar-refractivity contribution >= 4 is 67.2 Å². The first-order chi connectivity index (χ1) is 26.0. The summed E-state index contributed by atoms with van der Waals surface area (Å²) in [5.74, 6) is -1.36. The van der Waals surface area contributed by atoms with Gasteiger partial charge >= 0.3 is 124 Å². The number of fused-ring (bicyclic) bond motifs is 2. The predicted octanol–water partition coefficient (Wildman–Crippen LogP) is -6.58. The molecule has 0 aliphatic heterocycles. The summed E-state index contributed by atoms with van der Waals surface area (Å²) in [6, 6.07) is 33.0. The third kappa shape index (κ3) is 9.23. The number of para-hydroxylation sites is 1. The first-order valence-corrected chi connectivity index (χ1v) is 17.5. The number of hydrogen-bond acceptors (Lipinski definition) is 13. The maximum absolute atomic E-state index is 14.3. The molecule has 1 aliphatic rings. The third-order valence-electron chi connectivity index (χ3n) is 8.70. The van der Waals surface area contributed by atoms with Crippen LogP contribution in [0.15, 0.2) is 107 Å². The van der Waals surface area contributed by atoms with E-state index in [2.05, 4.69) is 49.1 Å². The summed E-state index contributed by atoms with van der Waals surface area (Å²) < 4.78 is 38.3. The van der Waals surface area contributed by atoms with E-state index in [0.29, 0.717) is 27.7 Å². The number of aromatic nitrogens is 4. The zero-order chi connectivity index (χ0) is 37.7. The Hall–Kier alpha value is -3.23. The molecule has 8 rings (SSSR count). The Balaban J connectivity index is 0.00000186. The average molecular weight is 826 g/mol. The Morgan fingerprint density at radius 1 is 0.759 bits per heavy atom. The quantitative estimate of drug-likeness (QED) is 0.0463. The van der Waals surface area contributed by atoms with Crippen LogP contribution in [0.2, 0.25) is 0 Å². The predicted molar refractivity (Wildman–Crippen MR) is 197 cm³/mol. The van der Waals surface area contributed by atoms with Gasteiger partial charge in [-0.05, 0) is 28.3 Å². The molecule has 0 radical (unpaired) electrons. The van der Waals surface area contributed by atoms with Crippen LogP contribution in [-0.2, 0) is 17.2 Å². The number of ketones is 2. The average Bonchev–Trinajstić information content (AvgIpc) is 3.15. The largest absolute Gasteiger partial charge is 1.00 e. The number of nitrogens with one attached hydrogen (secondary N) is 3. The van der Waals surface area contributed by atoms with Crippen LogP contribution in [0.25, 0.3) is 22.0 Å². The number of anilines is 6. The zero-order valence-corrected chi connectivity index (χ0v) is 40.6. The van der Waals surface area contributed by atoms with E-state index in [0.717, 1.165) is 6.07 Å². The molecular formula is C39H23N7Na4O7S. The molecule has 7 aromatic rings. The summed E-state index contributed by atoms with van der Waals surface area (Å²) in [4.78, 5) is 53.4. The summed E-state index contributed by atoms with van der Waals surface area (Å²) in [5, 5.41) is 19.2. The summed E-state index contributed by atoms with van der Waals surface area (Å²) in [6.45, 7) is 0. The van der Waals surface area contributed by atoms with E-state index in [9.17, 15) is 32.5 Å². The molecule has 5 aromatic carbocycles. The fraction of sp³-hybridized carbons (Fsp3) is 0.0256. The fourth-order valence-corrected chi connectivity index (χ4v) is 6.94. The Morgan fingerprint density at radius 3 is 2.14 bits per heavy atom. The van der Waals surface area contributed by atoms with E-state index in [1.165, 1.54) is 23.7 Å². The Morgan fingerprint density at radius 2 is 1.47 bits per heavy atom. The summed E-state index contributed by atoms with van der Waals surface area (Å²) in [6.07, 6.45) is 0. The van der Waals surface area contributed by atoms with Crippen LogP contribution in [0.5, 0.6) is 6.01 Å². The molecule has 0 spiro atoms. The van der Waals surface area contributed by atoms with Crippen molar-refractivity contribution in [3.63, 3.8) is 0 Å². The van der Waals surface area contributed by atoms with Gasteiger partial charge in [0.15, 0.2) is 5.78 Å². The molecule has 0 unspecified atom stereocenters. The zero-order valence-electron chi connectivity index (χ0n) is 31.8. The van der Waals surface area contributed by atoms with Gasteiger partial charge in [-0.25, -0.2) is 0 Å². The molecule has 19 heteroatoms. The molecule has 1 aliphatic carbocycles. The molecule has 58 heavy (non-hydrogen) atoms. The Kier molecular flexibility index (Phi) is 15.9. The van der Waals surface area contributed by atoms with Crippen molar-refractivity contribution in [2.75, 3.05) is 16.0 Å². The third-order valence-corrected chi connectivity index (χ3v) is 9.58. The van der Waals surface area contributed by atoms with Crippen molar-refractivity contribution in [3.8, 4) is 17.1 Å².